The largest absolute Gasteiger partial charge is 0.497 e. The molecule has 0 radical (unpaired) electrons. The summed E-state index contributed by atoms with van der Waals surface area (Å²) in [6, 6.07) is 16.6. The molecule has 3 rings (SSSR count). The highest BCUT2D eigenvalue weighted by Gasteiger charge is 2.45. The van der Waals surface area contributed by atoms with Gasteiger partial charge in [-0.1, -0.05) is 30.3 Å². The van der Waals surface area contributed by atoms with Crippen LogP contribution in [0.1, 0.15) is 15.9 Å². The Kier molecular flexibility index (Phi) is 7.81. The molecule has 0 saturated carbocycles. The average Bonchev–Trinajstić information content (AvgIpc) is 3.11. The minimum Gasteiger partial charge on any atom is -0.497 e. The summed E-state index contributed by atoms with van der Waals surface area (Å²) in [5.41, 5.74) is 1.72. The van der Waals surface area contributed by atoms with Crippen LogP contribution in [0.2, 0.25) is 0 Å². The number of nitrogens with one attached hydrogen (secondary N) is 1. The Labute approximate surface area is 177 Å². The zero-order valence-corrected chi connectivity index (χ0v) is 17.4. The van der Waals surface area contributed by atoms with Gasteiger partial charge in [-0.3, -0.25) is 9.69 Å². The number of aliphatic hydroxyl groups excluding tert-OH is 2. The highest BCUT2D eigenvalue weighted by Crippen LogP contribution is 2.25. The zero-order chi connectivity index (χ0) is 21.5. The summed E-state index contributed by atoms with van der Waals surface area (Å²) in [5, 5.41) is 23.1. The number of rotatable bonds is 9. The van der Waals surface area contributed by atoms with Crippen molar-refractivity contribution in [2.24, 2.45) is 0 Å². The number of benzene rings is 2. The highest BCUT2D eigenvalue weighted by molar-refractivity contribution is 5.94. The second kappa shape index (κ2) is 10.5. The van der Waals surface area contributed by atoms with E-state index in [1.54, 1.807) is 31.4 Å². The first-order chi connectivity index (χ1) is 14.5. The van der Waals surface area contributed by atoms with E-state index in [9.17, 15) is 15.0 Å². The molecule has 1 amide bonds. The monoisotopic (exact) mass is 414 g/mol. The predicted octanol–water partition coefficient (Wildman–Crippen LogP) is 1.09. The van der Waals surface area contributed by atoms with Crippen LogP contribution in [0.25, 0.3) is 0 Å². The summed E-state index contributed by atoms with van der Waals surface area (Å²) in [6.07, 6.45) is -1.11. The minimum atomic E-state index is -0.835. The molecule has 0 spiro atoms. The fraction of sp³-hybridized carbons (Fsp3) is 0.435. The Morgan fingerprint density at radius 1 is 1.13 bits per heavy atom. The molecule has 0 aromatic heterocycles. The predicted molar refractivity (Wildman–Crippen MR) is 114 cm³/mol. The number of hydrogen-bond acceptors (Lipinski definition) is 6. The van der Waals surface area contributed by atoms with E-state index in [2.05, 4.69) is 17.4 Å². The van der Waals surface area contributed by atoms with E-state index in [4.69, 9.17) is 9.47 Å². The van der Waals surface area contributed by atoms with Gasteiger partial charge in [0.15, 0.2) is 0 Å². The lowest BCUT2D eigenvalue weighted by molar-refractivity contribution is -0.0209. The van der Waals surface area contributed by atoms with Crippen LogP contribution in [0.5, 0.6) is 5.75 Å². The average molecular weight is 415 g/mol. The van der Waals surface area contributed by atoms with E-state index in [0.29, 0.717) is 11.3 Å². The molecule has 1 fully saturated rings. The smallest absolute Gasteiger partial charge is 0.251 e. The molecule has 2 aromatic carbocycles. The molecular weight excluding hydrogens is 384 g/mol. The second-order valence-corrected chi connectivity index (χ2v) is 7.53. The van der Waals surface area contributed by atoms with E-state index in [-0.39, 0.29) is 25.1 Å². The molecule has 1 aliphatic rings. The van der Waals surface area contributed by atoms with Gasteiger partial charge in [0.2, 0.25) is 0 Å². The second-order valence-electron chi connectivity index (χ2n) is 7.53. The molecule has 4 atom stereocenters. The van der Waals surface area contributed by atoms with E-state index < -0.39 is 18.3 Å². The molecule has 1 heterocycles. The normalized spacial score (nSPS) is 23.5. The van der Waals surface area contributed by atoms with Crippen LogP contribution >= 0.6 is 0 Å². The zero-order valence-electron chi connectivity index (χ0n) is 17.4. The van der Waals surface area contributed by atoms with Crippen LogP contribution in [0, 0.1) is 0 Å². The van der Waals surface area contributed by atoms with Crippen LogP contribution in [-0.4, -0.2) is 79.2 Å². The number of hydrogen-bond donors (Lipinski definition) is 3. The van der Waals surface area contributed by atoms with Gasteiger partial charge in [-0.05, 0) is 43.3 Å². The van der Waals surface area contributed by atoms with Crippen LogP contribution in [0.4, 0.5) is 0 Å². The molecule has 162 valence electrons. The van der Waals surface area contributed by atoms with Crippen molar-refractivity contribution in [3.8, 4) is 5.75 Å². The lowest BCUT2D eigenvalue weighted by Crippen LogP contribution is -2.50. The Balaban J connectivity index is 1.61. The summed E-state index contributed by atoms with van der Waals surface area (Å²) in [6.45, 7) is 0.683. The molecule has 30 heavy (non-hydrogen) atoms. The standard InChI is InChI=1S/C23H30N2O5/c1-25(13-12-16-6-4-3-5-7-16)21-19(30-20(15-26)22(21)27)14-24-23(28)17-8-10-18(29-2)11-9-17/h3-11,19-22,26-27H,12-15H2,1-2H3,(H,24,28)/t19-,20+,21-,22-/m1/s1. The van der Waals surface area contributed by atoms with Gasteiger partial charge in [0, 0.05) is 18.7 Å². The Morgan fingerprint density at radius 3 is 2.47 bits per heavy atom. The maximum atomic E-state index is 12.5. The molecule has 0 unspecified atom stereocenters. The van der Waals surface area contributed by atoms with Crippen LogP contribution in [0.15, 0.2) is 54.6 Å². The van der Waals surface area contributed by atoms with Gasteiger partial charge in [0.25, 0.3) is 5.91 Å². The van der Waals surface area contributed by atoms with E-state index in [1.807, 2.05) is 30.1 Å². The van der Waals surface area contributed by atoms with Gasteiger partial charge < -0.3 is 25.0 Å². The third-order valence-corrected chi connectivity index (χ3v) is 5.56. The number of aliphatic hydroxyl groups is 2. The minimum absolute atomic E-state index is 0.228. The van der Waals surface area contributed by atoms with Gasteiger partial charge in [-0.25, -0.2) is 0 Å². The molecule has 2 aromatic rings. The third kappa shape index (κ3) is 5.37. The number of amides is 1. The molecule has 1 aliphatic heterocycles. The Morgan fingerprint density at radius 2 is 1.83 bits per heavy atom. The van der Waals surface area contributed by atoms with Gasteiger partial charge in [-0.15, -0.1) is 0 Å². The van der Waals surface area contributed by atoms with Gasteiger partial charge >= 0.3 is 0 Å². The van der Waals surface area contributed by atoms with Crippen molar-refractivity contribution < 1.29 is 24.5 Å². The van der Waals surface area contributed by atoms with E-state index >= 15 is 0 Å². The number of carbonyl (C=O) groups is 1. The molecule has 1 saturated heterocycles. The molecule has 7 nitrogen and oxygen atoms in total. The summed E-state index contributed by atoms with van der Waals surface area (Å²) in [5.74, 6) is 0.452. The maximum Gasteiger partial charge on any atom is 0.251 e. The lowest BCUT2D eigenvalue weighted by atomic mass is 10.0. The van der Waals surface area contributed by atoms with Crippen molar-refractivity contribution >= 4 is 5.91 Å². The van der Waals surface area contributed by atoms with Gasteiger partial charge in [-0.2, -0.15) is 0 Å². The first-order valence-corrected chi connectivity index (χ1v) is 10.1. The number of likely N-dealkylation sites (N-methyl/N-ethyl adjacent to an activating group) is 1. The van der Waals surface area contributed by atoms with E-state index in [1.165, 1.54) is 5.56 Å². The Hall–Kier alpha value is -2.45. The fourth-order valence-corrected chi connectivity index (χ4v) is 3.83. The topological polar surface area (TPSA) is 91.3 Å². The third-order valence-electron chi connectivity index (χ3n) is 5.56. The maximum absolute atomic E-state index is 12.5. The fourth-order valence-electron chi connectivity index (χ4n) is 3.83. The van der Waals surface area contributed by atoms with E-state index in [0.717, 1.165) is 13.0 Å². The number of methoxy groups -OCH3 is 1. The molecule has 0 bridgehead atoms. The van der Waals surface area contributed by atoms with Crippen LogP contribution in [-0.2, 0) is 11.2 Å². The molecular formula is C23H30N2O5. The number of nitrogens with zero attached hydrogens (tertiary/aromatic N) is 1. The number of carbonyl (C=O) groups excluding carboxylic acids is 1. The van der Waals surface area contributed by atoms with Crippen molar-refractivity contribution in [2.75, 3.05) is 33.9 Å². The Bertz CT molecular complexity index is 799. The molecule has 7 heteroatoms. The van der Waals surface area contributed by atoms with Crippen LogP contribution in [0.3, 0.4) is 0 Å². The first kappa shape index (κ1) is 22.2. The van der Waals surface area contributed by atoms with Crippen molar-refractivity contribution in [3.63, 3.8) is 0 Å². The first-order valence-electron chi connectivity index (χ1n) is 10.1. The van der Waals surface area contributed by atoms with Crippen molar-refractivity contribution in [1.82, 2.24) is 10.2 Å². The lowest BCUT2D eigenvalue weighted by Gasteiger charge is -2.30. The summed E-state index contributed by atoms with van der Waals surface area (Å²) in [7, 11) is 3.50. The summed E-state index contributed by atoms with van der Waals surface area (Å²) in [4.78, 5) is 14.5. The molecule has 3 N–H and O–H groups in total. The van der Waals surface area contributed by atoms with Crippen molar-refractivity contribution in [2.45, 2.75) is 30.8 Å². The summed E-state index contributed by atoms with van der Waals surface area (Å²) >= 11 is 0. The van der Waals surface area contributed by atoms with Crippen molar-refractivity contribution in [3.05, 3.63) is 65.7 Å². The highest BCUT2D eigenvalue weighted by atomic mass is 16.5. The van der Waals surface area contributed by atoms with Gasteiger partial charge in [0.1, 0.15) is 18.0 Å². The van der Waals surface area contributed by atoms with Gasteiger partial charge in [0.05, 0.1) is 25.9 Å². The van der Waals surface area contributed by atoms with Crippen molar-refractivity contribution in [1.29, 1.82) is 0 Å². The SMILES string of the molecule is COc1ccc(C(=O)NC[C@H]2O[C@@H](CO)[C@@H](O)[C@@H]2N(C)CCc2ccccc2)cc1. The number of ether oxygens (including phenoxy) is 2. The quantitative estimate of drug-likeness (QED) is 0.569. The van der Waals surface area contributed by atoms with Crippen LogP contribution < -0.4 is 10.1 Å². The summed E-state index contributed by atoms with van der Waals surface area (Å²) < 4.78 is 11.0. The molecule has 0 aliphatic carbocycles.